The van der Waals surface area contributed by atoms with E-state index in [-0.39, 0.29) is 11.7 Å². The monoisotopic (exact) mass is 649 g/mol. The van der Waals surface area contributed by atoms with Gasteiger partial charge in [0.05, 0.1) is 17.8 Å². The highest BCUT2D eigenvalue weighted by atomic mass is 127. The maximum absolute atomic E-state index is 13.0. The van der Waals surface area contributed by atoms with Gasteiger partial charge < -0.3 is 24.5 Å². The first-order valence-electron chi connectivity index (χ1n) is 13.6. The molecule has 9 heteroatoms. The number of piperidine rings is 1. The molecule has 204 valence electrons. The number of aryl methyl sites for hydroxylation is 1. The third-order valence-electron chi connectivity index (χ3n) is 8.70. The van der Waals surface area contributed by atoms with E-state index in [4.69, 9.17) is 9.47 Å². The Balaban J connectivity index is 1.32. The van der Waals surface area contributed by atoms with Gasteiger partial charge in [0, 0.05) is 66.3 Å². The summed E-state index contributed by atoms with van der Waals surface area (Å²) in [6, 6.07) is 7.98. The van der Waals surface area contributed by atoms with Crippen LogP contribution in [0, 0.1) is 11.8 Å². The molecule has 3 heterocycles. The van der Waals surface area contributed by atoms with Crippen molar-refractivity contribution >= 4 is 41.2 Å². The number of aliphatic hydroxyl groups is 1. The number of aromatic nitrogens is 2. The number of nitrogens with zero attached hydrogens (tertiary/aromatic N) is 2. The van der Waals surface area contributed by atoms with Gasteiger partial charge in [-0.25, -0.2) is 0 Å². The van der Waals surface area contributed by atoms with Crippen molar-refractivity contribution in [1.29, 1.82) is 0 Å². The minimum absolute atomic E-state index is 0.0353. The Morgan fingerprint density at radius 3 is 2.50 bits per heavy atom. The molecule has 1 aromatic carbocycles. The van der Waals surface area contributed by atoms with Crippen LogP contribution in [0.1, 0.15) is 51.5 Å². The number of ether oxygens (including phenoxy) is 2. The average molecular weight is 650 g/mol. The van der Waals surface area contributed by atoms with Crippen LogP contribution in [0.5, 0.6) is 5.75 Å². The fourth-order valence-electron chi connectivity index (χ4n) is 6.65. The summed E-state index contributed by atoms with van der Waals surface area (Å²) in [6.07, 6.45) is 10.2. The Labute approximate surface area is 240 Å². The van der Waals surface area contributed by atoms with Crippen LogP contribution >= 0.6 is 30.3 Å². The highest BCUT2D eigenvalue weighted by molar-refractivity contribution is 14.2. The van der Waals surface area contributed by atoms with Gasteiger partial charge in [-0.2, -0.15) is 0 Å². The van der Waals surface area contributed by atoms with Gasteiger partial charge in [-0.3, -0.25) is 8.77 Å². The Bertz CT molecular complexity index is 1390. The summed E-state index contributed by atoms with van der Waals surface area (Å²) in [5.41, 5.74) is 2.28. The lowest BCUT2D eigenvalue weighted by atomic mass is 9.92. The number of pyridine rings is 1. The second-order valence-corrected chi connectivity index (χ2v) is 13.4. The van der Waals surface area contributed by atoms with Crippen molar-refractivity contribution in [3.05, 3.63) is 52.6 Å². The molecule has 38 heavy (non-hydrogen) atoms. The van der Waals surface area contributed by atoms with Crippen LogP contribution in [0.4, 0.5) is 0 Å². The lowest BCUT2D eigenvalue weighted by Gasteiger charge is -2.33. The fourth-order valence-corrected chi connectivity index (χ4v) is 7.99. The first-order chi connectivity index (χ1) is 18.2. The zero-order valence-electron chi connectivity index (χ0n) is 22.2. The normalized spacial score (nSPS) is 25.9. The van der Waals surface area contributed by atoms with Crippen LogP contribution in [0.15, 0.2) is 41.5 Å². The van der Waals surface area contributed by atoms with Crippen LogP contribution in [0.3, 0.4) is 0 Å². The molecule has 3 aliphatic rings. The molecule has 7 nitrogen and oxygen atoms in total. The van der Waals surface area contributed by atoms with E-state index in [2.05, 4.69) is 26.5 Å². The van der Waals surface area contributed by atoms with E-state index in [1.54, 1.807) is 25.5 Å². The number of hydrogen-bond acceptors (Lipinski definition) is 6. The average Bonchev–Trinajstić information content (AvgIpc) is 3.61. The van der Waals surface area contributed by atoms with Gasteiger partial charge in [0.1, 0.15) is 17.4 Å². The molecule has 1 aliphatic heterocycles. The predicted octanol–water partition coefficient (Wildman–Crippen LogP) is 5.40. The summed E-state index contributed by atoms with van der Waals surface area (Å²) in [5, 5.41) is 15.1. The standard InChI is InChI=1S/C29H36IN3O4S/c1-29(2,35)19-4-5-24(22(15-19)23-16-32(3)28(34)27-21(23)8-11-33(27)38-30)37-26-14-17-12-18(26)13-25(17)36-20-6-9-31-10-7-20/h4-5,8,11,15-18,20,25-26,31,35H,6-7,9-10,12-14H2,1-3H3. The molecular weight excluding hydrogens is 613 g/mol. The number of benzene rings is 1. The van der Waals surface area contributed by atoms with Gasteiger partial charge in [0.25, 0.3) is 5.56 Å². The molecule has 2 N–H and O–H groups in total. The highest BCUT2D eigenvalue weighted by Crippen LogP contribution is 2.49. The van der Waals surface area contributed by atoms with E-state index in [0.29, 0.717) is 29.6 Å². The van der Waals surface area contributed by atoms with Crippen molar-refractivity contribution in [2.45, 2.75) is 69.9 Å². The Morgan fingerprint density at radius 1 is 1.08 bits per heavy atom. The Hall–Kier alpha value is -1.53. The maximum Gasteiger partial charge on any atom is 0.275 e. The molecule has 2 bridgehead atoms. The topological polar surface area (TPSA) is 77.7 Å². The van der Waals surface area contributed by atoms with Crippen molar-refractivity contribution in [3.8, 4) is 16.9 Å². The molecule has 2 aliphatic carbocycles. The number of nitrogens with one attached hydrogen (secondary N) is 1. The first-order valence-corrected chi connectivity index (χ1v) is 16.9. The van der Waals surface area contributed by atoms with Crippen LogP contribution in [0.25, 0.3) is 22.0 Å². The van der Waals surface area contributed by atoms with Crippen molar-refractivity contribution < 1.29 is 14.6 Å². The third-order valence-corrected chi connectivity index (χ3v) is 10.4. The van der Waals surface area contributed by atoms with E-state index < -0.39 is 5.60 Å². The predicted molar refractivity (Wildman–Crippen MR) is 161 cm³/mol. The van der Waals surface area contributed by atoms with Crippen LogP contribution in [-0.4, -0.2) is 45.0 Å². The first kappa shape index (κ1) is 26.7. The largest absolute Gasteiger partial charge is 0.489 e. The molecule has 6 rings (SSSR count). The van der Waals surface area contributed by atoms with E-state index in [9.17, 15) is 9.90 Å². The number of fused-ring (bicyclic) bond motifs is 3. The lowest BCUT2D eigenvalue weighted by Crippen LogP contribution is -2.38. The van der Waals surface area contributed by atoms with Crippen LogP contribution < -0.4 is 15.6 Å². The molecule has 0 amide bonds. The lowest BCUT2D eigenvalue weighted by molar-refractivity contribution is -0.0621. The summed E-state index contributed by atoms with van der Waals surface area (Å²) in [5.74, 6) is 1.85. The molecule has 0 spiro atoms. The van der Waals surface area contributed by atoms with E-state index in [1.165, 1.54) is 9.12 Å². The smallest absolute Gasteiger partial charge is 0.275 e. The molecule has 4 atom stereocenters. The summed E-state index contributed by atoms with van der Waals surface area (Å²) < 4.78 is 16.9. The van der Waals surface area contributed by atoms with Crippen molar-refractivity contribution in [3.63, 3.8) is 0 Å². The molecule has 3 fully saturated rings. The Kier molecular flexibility index (Phi) is 7.35. The van der Waals surface area contributed by atoms with Crippen molar-refractivity contribution in [1.82, 2.24) is 13.9 Å². The van der Waals surface area contributed by atoms with E-state index in [1.807, 2.05) is 40.6 Å². The van der Waals surface area contributed by atoms with E-state index in [0.717, 1.165) is 73.0 Å². The molecule has 3 aromatic rings. The van der Waals surface area contributed by atoms with E-state index >= 15 is 0 Å². The maximum atomic E-state index is 13.0. The second kappa shape index (κ2) is 10.5. The quantitative estimate of drug-likeness (QED) is 0.335. The summed E-state index contributed by atoms with van der Waals surface area (Å²) in [4.78, 5) is 13.0. The van der Waals surface area contributed by atoms with Gasteiger partial charge >= 0.3 is 0 Å². The minimum Gasteiger partial charge on any atom is -0.489 e. The summed E-state index contributed by atoms with van der Waals surface area (Å²) in [7, 11) is 3.27. The van der Waals surface area contributed by atoms with Crippen LogP contribution in [-0.2, 0) is 17.4 Å². The van der Waals surface area contributed by atoms with Gasteiger partial charge in [0.2, 0.25) is 0 Å². The van der Waals surface area contributed by atoms with Crippen molar-refractivity contribution in [2.75, 3.05) is 13.1 Å². The molecule has 0 radical (unpaired) electrons. The van der Waals surface area contributed by atoms with Gasteiger partial charge in [0.15, 0.2) is 0 Å². The van der Waals surface area contributed by atoms with Gasteiger partial charge in [-0.15, -0.1) is 0 Å². The van der Waals surface area contributed by atoms with Crippen LogP contribution in [0.2, 0.25) is 0 Å². The minimum atomic E-state index is -0.997. The number of rotatable bonds is 7. The molecular formula is C29H36IN3O4S. The fraction of sp³-hybridized carbons (Fsp3) is 0.552. The number of halogens is 1. The molecule has 2 aromatic heterocycles. The molecule has 1 saturated heterocycles. The van der Waals surface area contributed by atoms with Gasteiger partial charge in [-0.1, -0.05) is 6.07 Å². The highest BCUT2D eigenvalue weighted by Gasteiger charge is 2.48. The zero-order chi connectivity index (χ0) is 26.6. The Morgan fingerprint density at radius 2 is 1.82 bits per heavy atom. The van der Waals surface area contributed by atoms with Crippen molar-refractivity contribution in [2.24, 2.45) is 18.9 Å². The number of hydrogen-bond donors (Lipinski definition) is 2. The second-order valence-electron chi connectivity index (χ2n) is 11.7. The third kappa shape index (κ3) is 4.93. The SMILES string of the molecule is Cn1cc(-c2cc(C(C)(C)O)ccc2OC2CC3CC2CC3OC2CCNCC2)c2ccn(SI)c2c1=O. The summed E-state index contributed by atoms with van der Waals surface area (Å²) in [6.45, 7) is 5.70. The van der Waals surface area contributed by atoms with Gasteiger partial charge in [-0.05, 0) is 94.6 Å². The molecule has 4 unspecified atom stereocenters. The molecule has 2 saturated carbocycles. The zero-order valence-corrected chi connectivity index (χ0v) is 25.1. The summed E-state index contributed by atoms with van der Waals surface area (Å²) >= 11 is 2.20.